The van der Waals surface area contributed by atoms with Crippen LogP contribution in [-0.4, -0.2) is 84.9 Å². The first-order valence-corrected chi connectivity index (χ1v) is 14.0. The number of urea groups is 1. The summed E-state index contributed by atoms with van der Waals surface area (Å²) in [5.41, 5.74) is 2.18. The summed E-state index contributed by atoms with van der Waals surface area (Å²) in [6.45, 7) is 10.1. The quantitative estimate of drug-likeness (QED) is 0.440. The molecule has 3 aromatic rings. The van der Waals surface area contributed by atoms with Crippen molar-refractivity contribution in [3.63, 3.8) is 0 Å². The van der Waals surface area contributed by atoms with Crippen molar-refractivity contribution in [3.05, 3.63) is 53.6 Å². The number of ether oxygens (including phenoxy) is 1. The van der Waals surface area contributed by atoms with Gasteiger partial charge in [-0.25, -0.2) is 4.79 Å². The summed E-state index contributed by atoms with van der Waals surface area (Å²) in [4.78, 5) is 34.0. The Morgan fingerprint density at radius 1 is 0.821 bits per heavy atom. The van der Waals surface area contributed by atoms with E-state index in [0.29, 0.717) is 47.3 Å². The second-order valence-corrected chi connectivity index (χ2v) is 10.1. The third-order valence-corrected chi connectivity index (χ3v) is 7.07. The van der Waals surface area contributed by atoms with Crippen LogP contribution in [0, 0.1) is 0 Å². The molecule has 10 nitrogen and oxygen atoms in total. The lowest BCUT2D eigenvalue weighted by atomic mass is 10.2. The van der Waals surface area contributed by atoms with Gasteiger partial charge in [-0.05, 0) is 74.5 Å². The SMILES string of the molecule is CCCN1CCCN(c2nc(-c3ccc(NC(=O)Nc4ccc(Cl)cc4)cc3)nc(N3CCOCC3)n2)CC1. The van der Waals surface area contributed by atoms with Crippen LogP contribution in [0.1, 0.15) is 19.8 Å². The molecule has 2 aliphatic rings. The van der Waals surface area contributed by atoms with E-state index in [1.165, 1.54) is 0 Å². The molecular formula is C28H35ClN8O2. The highest BCUT2D eigenvalue weighted by Gasteiger charge is 2.22. The van der Waals surface area contributed by atoms with Crippen LogP contribution in [0.5, 0.6) is 0 Å². The molecule has 2 fully saturated rings. The molecule has 0 bridgehead atoms. The lowest BCUT2D eigenvalue weighted by Gasteiger charge is -2.28. The lowest BCUT2D eigenvalue weighted by molar-refractivity contribution is 0.122. The Hall–Kier alpha value is -3.47. The number of carbonyl (C=O) groups is 1. The molecule has 0 aliphatic carbocycles. The van der Waals surface area contributed by atoms with E-state index < -0.39 is 0 Å². The largest absolute Gasteiger partial charge is 0.378 e. The van der Waals surface area contributed by atoms with Gasteiger partial charge in [0.05, 0.1) is 13.2 Å². The van der Waals surface area contributed by atoms with Gasteiger partial charge >= 0.3 is 6.03 Å². The predicted octanol–water partition coefficient (Wildman–Crippen LogP) is 4.59. The van der Waals surface area contributed by atoms with Crippen LogP contribution in [0.4, 0.5) is 28.1 Å². The summed E-state index contributed by atoms with van der Waals surface area (Å²) in [6, 6.07) is 14.2. The third-order valence-electron chi connectivity index (χ3n) is 6.82. The zero-order valence-electron chi connectivity index (χ0n) is 22.3. The van der Waals surface area contributed by atoms with Crippen molar-refractivity contribution in [2.45, 2.75) is 19.8 Å². The summed E-state index contributed by atoms with van der Waals surface area (Å²) in [5.74, 6) is 2.01. The summed E-state index contributed by atoms with van der Waals surface area (Å²) in [7, 11) is 0. The summed E-state index contributed by atoms with van der Waals surface area (Å²) in [5, 5.41) is 6.28. The fourth-order valence-electron chi connectivity index (χ4n) is 4.77. The van der Waals surface area contributed by atoms with Crippen molar-refractivity contribution in [2.24, 2.45) is 0 Å². The van der Waals surface area contributed by atoms with Gasteiger partial charge in [0, 0.05) is 54.7 Å². The van der Waals surface area contributed by atoms with Crippen LogP contribution >= 0.6 is 11.6 Å². The molecule has 2 amide bonds. The summed E-state index contributed by atoms with van der Waals surface area (Å²) < 4.78 is 5.55. The second kappa shape index (κ2) is 13.1. The van der Waals surface area contributed by atoms with Crippen molar-refractivity contribution < 1.29 is 9.53 Å². The maximum absolute atomic E-state index is 12.4. The van der Waals surface area contributed by atoms with Crippen LogP contribution < -0.4 is 20.4 Å². The number of benzene rings is 2. The number of anilines is 4. The van der Waals surface area contributed by atoms with E-state index in [9.17, 15) is 4.79 Å². The number of aromatic nitrogens is 3. The summed E-state index contributed by atoms with van der Waals surface area (Å²) >= 11 is 5.92. The normalized spacial score (nSPS) is 16.6. The molecule has 2 aromatic carbocycles. The average Bonchev–Trinajstić information content (AvgIpc) is 3.21. The molecular weight excluding hydrogens is 516 g/mol. The number of nitrogens with one attached hydrogen (secondary N) is 2. The van der Waals surface area contributed by atoms with Gasteiger partial charge in [0.15, 0.2) is 5.82 Å². The fraction of sp³-hybridized carbons (Fsp3) is 0.429. The topological polar surface area (TPSA) is 98.8 Å². The molecule has 11 heteroatoms. The van der Waals surface area contributed by atoms with Crippen LogP contribution in [-0.2, 0) is 4.74 Å². The molecule has 206 valence electrons. The maximum Gasteiger partial charge on any atom is 0.323 e. The van der Waals surface area contributed by atoms with Gasteiger partial charge in [0.1, 0.15) is 0 Å². The highest BCUT2D eigenvalue weighted by atomic mass is 35.5. The number of morpholine rings is 1. The number of nitrogens with zero attached hydrogens (tertiary/aromatic N) is 6. The smallest absolute Gasteiger partial charge is 0.323 e. The molecule has 2 aliphatic heterocycles. The van der Waals surface area contributed by atoms with Crippen molar-refractivity contribution in [3.8, 4) is 11.4 Å². The van der Waals surface area contributed by atoms with Crippen molar-refractivity contribution in [1.29, 1.82) is 0 Å². The highest BCUT2D eigenvalue weighted by Crippen LogP contribution is 2.24. The molecule has 2 saturated heterocycles. The van der Waals surface area contributed by atoms with Crippen molar-refractivity contribution in [1.82, 2.24) is 19.9 Å². The molecule has 0 atom stereocenters. The highest BCUT2D eigenvalue weighted by molar-refractivity contribution is 6.30. The van der Waals surface area contributed by atoms with Crippen LogP contribution in [0.3, 0.4) is 0 Å². The monoisotopic (exact) mass is 550 g/mol. The molecule has 0 radical (unpaired) electrons. The zero-order valence-corrected chi connectivity index (χ0v) is 23.0. The van der Waals surface area contributed by atoms with Gasteiger partial charge in [-0.15, -0.1) is 0 Å². The molecule has 1 aromatic heterocycles. The van der Waals surface area contributed by atoms with E-state index in [0.717, 1.165) is 64.2 Å². The molecule has 0 saturated carbocycles. The molecule has 39 heavy (non-hydrogen) atoms. The molecule has 0 unspecified atom stereocenters. The number of hydrogen-bond acceptors (Lipinski definition) is 8. The van der Waals surface area contributed by atoms with Gasteiger partial charge < -0.3 is 30.1 Å². The molecule has 3 heterocycles. The van der Waals surface area contributed by atoms with E-state index in [2.05, 4.69) is 32.3 Å². The second-order valence-electron chi connectivity index (χ2n) is 9.70. The number of carbonyl (C=O) groups excluding carboxylic acids is 1. The van der Waals surface area contributed by atoms with Crippen molar-refractivity contribution in [2.75, 3.05) is 79.5 Å². The Bertz CT molecular complexity index is 1240. The Morgan fingerprint density at radius 3 is 2.08 bits per heavy atom. The molecule has 2 N–H and O–H groups in total. The van der Waals surface area contributed by atoms with Crippen molar-refractivity contribution >= 4 is 40.9 Å². The van der Waals surface area contributed by atoms with Gasteiger partial charge in [-0.1, -0.05) is 18.5 Å². The Balaban J connectivity index is 1.34. The first-order chi connectivity index (χ1) is 19.1. The van der Waals surface area contributed by atoms with Gasteiger partial charge in [0.25, 0.3) is 0 Å². The number of rotatable bonds is 7. The van der Waals surface area contributed by atoms with Crippen LogP contribution in [0.15, 0.2) is 48.5 Å². The number of amides is 2. The lowest BCUT2D eigenvalue weighted by Crippen LogP contribution is -2.38. The van der Waals surface area contributed by atoms with E-state index in [1.54, 1.807) is 24.3 Å². The summed E-state index contributed by atoms with van der Waals surface area (Å²) in [6.07, 6.45) is 2.23. The predicted molar refractivity (Wildman–Crippen MR) is 156 cm³/mol. The Kier molecular flexibility index (Phi) is 9.08. The number of halogens is 1. The first kappa shape index (κ1) is 27.1. The van der Waals surface area contributed by atoms with E-state index in [-0.39, 0.29) is 6.03 Å². The standard InChI is InChI=1S/C28H35ClN8O2/c1-2-12-35-13-3-14-36(16-15-35)26-32-25(33-27(34-26)37-17-19-39-20-18-37)21-4-8-23(9-5-21)30-28(38)31-24-10-6-22(29)7-11-24/h4-11H,2-3,12-20H2,1H3,(H2,30,31,38). The zero-order chi connectivity index (χ0) is 27.0. The average molecular weight is 551 g/mol. The van der Waals surface area contributed by atoms with E-state index in [1.807, 2.05) is 24.3 Å². The van der Waals surface area contributed by atoms with Gasteiger partial charge in [-0.2, -0.15) is 15.0 Å². The van der Waals surface area contributed by atoms with E-state index >= 15 is 0 Å². The van der Waals surface area contributed by atoms with Gasteiger partial charge in [0.2, 0.25) is 11.9 Å². The van der Waals surface area contributed by atoms with Crippen LogP contribution in [0.2, 0.25) is 5.02 Å². The fourth-order valence-corrected chi connectivity index (χ4v) is 4.90. The minimum absolute atomic E-state index is 0.333. The number of hydrogen-bond donors (Lipinski definition) is 2. The van der Waals surface area contributed by atoms with E-state index in [4.69, 9.17) is 31.3 Å². The first-order valence-electron chi connectivity index (χ1n) is 13.6. The minimum Gasteiger partial charge on any atom is -0.378 e. The minimum atomic E-state index is -0.333. The van der Waals surface area contributed by atoms with Crippen LogP contribution in [0.25, 0.3) is 11.4 Å². The van der Waals surface area contributed by atoms with Gasteiger partial charge in [-0.3, -0.25) is 0 Å². The Morgan fingerprint density at radius 2 is 1.44 bits per heavy atom. The Labute approximate surface area is 234 Å². The third kappa shape index (κ3) is 7.35. The molecule has 5 rings (SSSR count). The maximum atomic E-state index is 12.4. The molecule has 0 spiro atoms.